The molecule has 3 heteroatoms. The van der Waals surface area contributed by atoms with Gasteiger partial charge in [-0.3, -0.25) is 0 Å². The Morgan fingerprint density at radius 1 is 1.29 bits per heavy atom. The van der Waals surface area contributed by atoms with E-state index in [1.807, 2.05) is 0 Å². The molecular formula is C11H20O3. The van der Waals surface area contributed by atoms with Gasteiger partial charge in [-0.15, -0.1) is 0 Å². The lowest BCUT2D eigenvalue weighted by Gasteiger charge is -2.04. The third kappa shape index (κ3) is 9.26. The second kappa shape index (κ2) is 8.75. The van der Waals surface area contributed by atoms with Crippen molar-refractivity contribution in [2.45, 2.75) is 51.6 Å². The molecule has 0 rings (SSSR count). The Kier molecular flexibility index (Phi) is 8.24. The van der Waals surface area contributed by atoms with E-state index in [0.29, 0.717) is 6.42 Å². The number of aliphatic carboxylic acids is 1. The minimum absolute atomic E-state index is 0.604. The van der Waals surface area contributed by atoms with Gasteiger partial charge in [0.05, 0.1) is 6.10 Å². The molecule has 0 aromatic carbocycles. The van der Waals surface area contributed by atoms with Gasteiger partial charge >= 0.3 is 5.97 Å². The molecule has 0 aromatic rings. The molecule has 0 saturated carbocycles. The van der Waals surface area contributed by atoms with Crippen molar-refractivity contribution in [3.05, 3.63) is 12.2 Å². The Balaban J connectivity index is 3.35. The van der Waals surface area contributed by atoms with Gasteiger partial charge in [-0.05, 0) is 12.5 Å². The first-order valence-corrected chi connectivity index (χ1v) is 5.26. The van der Waals surface area contributed by atoms with Gasteiger partial charge in [-0.25, -0.2) is 4.79 Å². The highest BCUT2D eigenvalue weighted by Gasteiger charge is 1.99. The predicted octanol–water partition coefficient (Wildman–Crippen LogP) is 2.35. The van der Waals surface area contributed by atoms with Crippen LogP contribution in [0.4, 0.5) is 0 Å². The lowest BCUT2D eigenvalue weighted by atomic mass is 10.1. The number of aliphatic hydroxyl groups excluding tert-OH is 1. The summed E-state index contributed by atoms with van der Waals surface area (Å²) in [6, 6.07) is 0. The maximum atomic E-state index is 10.1. The molecule has 2 N–H and O–H groups in total. The highest BCUT2D eigenvalue weighted by molar-refractivity contribution is 5.79. The number of rotatable bonds is 8. The van der Waals surface area contributed by atoms with E-state index in [9.17, 15) is 9.90 Å². The zero-order valence-electron chi connectivity index (χ0n) is 8.78. The average molecular weight is 200 g/mol. The van der Waals surface area contributed by atoms with E-state index < -0.39 is 12.1 Å². The van der Waals surface area contributed by atoms with Crippen molar-refractivity contribution < 1.29 is 15.0 Å². The van der Waals surface area contributed by atoms with E-state index in [1.165, 1.54) is 25.3 Å². The van der Waals surface area contributed by atoms with Crippen LogP contribution in [0.1, 0.15) is 45.4 Å². The summed E-state index contributed by atoms with van der Waals surface area (Å²) >= 11 is 0. The molecule has 14 heavy (non-hydrogen) atoms. The van der Waals surface area contributed by atoms with Gasteiger partial charge in [0.15, 0.2) is 0 Å². The van der Waals surface area contributed by atoms with Crippen molar-refractivity contribution in [3.8, 4) is 0 Å². The maximum Gasteiger partial charge on any atom is 0.328 e. The molecule has 0 spiro atoms. The van der Waals surface area contributed by atoms with Crippen LogP contribution in [0.5, 0.6) is 0 Å². The van der Waals surface area contributed by atoms with Gasteiger partial charge in [0.1, 0.15) is 0 Å². The molecule has 3 nitrogen and oxygen atoms in total. The average Bonchev–Trinajstić information content (AvgIpc) is 2.14. The van der Waals surface area contributed by atoms with Crippen molar-refractivity contribution in [2.24, 2.45) is 0 Å². The molecule has 0 aromatic heterocycles. The zero-order chi connectivity index (χ0) is 10.8. The third-order valence-electron chi connectivity index (χ3n) is 2.06. The molecule has 0 amide bonds. The highest BCUT2D eigenvalue weighted by Crippen LogP contribution is 2.07. The summed E-state index contributed by atoms with van der Waals surface area (Å²) in [5.41, 5.74) is 0. The van der Waals surface area contributed by atoms with Crippen LogP contribution in [0.3, 0.4) is 0 Å². The predicted molar refractivity (Wildman–Crippen MR) is 56.2 cm³/mol. The fourth-order valence-electron chi connectivity index (χ4n) is 1.25. The molecule has 0 bridgehead atoms. The van der Waals surface area contributed by atoms with Gasteiger partial charge in [0.25, 0.3) is 0 Å². The Hall–Kier alpha value is -0.830. The van der Waals surface area contributed by atoms with E-state index in [-0.39, 0.29) is 0 Å². The Morgan fingerprint density at radius 3 is 2.50 bits per heavy atom. The van der Waals surface area contributed by atoms with Crippen LogP contribution in [0.25, 0.3) is 0 Å². The van der Waals surface area contributed by atoms with Gasteiger partial charge in [-0.2, -0.15) is 0 Å². The third-order valence-corrected chi connectivity index (χ3v) is 2.06. The molecular weight excluding hydrogens is 180 g/mol. The van der Waals surface area contributed by atoms with Gasteiger partial charge in [-0.1, -0.05) is 39.0 Å². The summed E-state index contributed by atoms with van der Waals surface area (Å²) in [6.07, 6.45) is 8.12. The second-order valence-electron chi connectivity index (χ2n) is 3.47. The van der Waals surface area contributed by atoms with Gasteiger partial charge in [0.2, 0.25) is 0 Å². The number of hydrogen-bond donors (Lipinski definition) is 2. The fourth-order valence-corrected chi connectivity index (χ4v) is 1.25. The molecule has 0 saturated heterocycles. The van der Waals surface area contributed by atoms with Crippen LogP contribution in [-0.4, -0.2) is 22.3 Å². The van der Waals surface area contributed by atoms with Crippen molar-refractivity contribution >= 4 is 5.97 Å². The summed E-state index contributed by atoms with van der Waals surface area (Å²) < 4.78 is 0. The standard InChI is InChI=1S/C11H20O3/c1-2-3-4-5-6-7-10(12)8-9-11(13)14/h8-10,12H,2-7H2,1H3,(H,13,14). The Morgan fingerprint density at radius 2 is 1.93 bits per heavy atom. The van der Waals surface area contributed by atoms with Crippen molar-refractivity contribution in [2.75, 3.05) is 0 Å². The number of carboxylic acid groups (broad SMARTS) is 1. The second-order valence-corrected chi connectivity index (χ2v) is 3.47. The van der Waals surface area contributed by atoms with E-state index in [4.69, 9.17) is 5.11 Å². The summed E-state index contributed by atoms with van der Waals surface area (Å²) in [5, 5.41) is 17.6. The molecule has 0 aliphatic rings. The minimum atomic E-state index is -1.00. The van der Waals surface area contributed by atoms with Crippen LogP contribution < -0.4 is 0 Å². The molecule has 0 fully saturated rings. The van der Waals surface area contributed by atoms with Gasteiger partial charge in [0, 0.05) is 6.08 Å². The van der Waals surface area contributed by atoms with Crippen molar-refractivity contribution in [1.29, 1.82) is 0 Å². The first kappa shape index (κ1) is 13.2. The summed E-state index contributed by atoms with van der Waals surface area (Å²) in [4.78, 5) is 10.1. The quantitative estimate of drug-likeness (QED) is 0.467. The smallest absolute Gasteiger partial charge is 0.328 e. The molecule has 0 aliphatic heterocycles. The highest BCUT2D eigenvalue weighted by atomic mass is 16.4. The largest absolute Gasteiger partial charge is 0.478 e. The van der Waals surface area contributed by atoms with Crippen LogP contribution >= 0.6 is 0 Å². The van der Waals surface area contributed by atoms with E-state index in [2.05, 4.69) is 6.92 Å². The van der Waals surface area contributed by atoms with E-state index in [1.54, 1.807) is 0 Å². The summed E-state index contributed by atoms with van der Waals surface area (Å²) in [7, 11) is 0. The summed E-state index contributed by atoms with van der Waals surface area (Å²) in [5.74, 6) is -1.00. The first-order chi connectivity index (χ1) is 6.66. The maximum absolute atomic E-state index is 10.1. The molecule has 0 heterocycles. The minimum Gasteiger partial charge on any atom is -0.478 e. The number of carbonyl (C=O) groups is 1. The normalized spacial score (nSPS) is 13.3. The molecule has 1 unspecified atom stereocenters. The van der Waals surface area contributed by atoms with Crippen molar-refractivity contribution in [3.63, 3.8) is 0 Å². The number of aliphatic hydroxyl groups is 1. The zero-order valence-corrected chi connectivity index (χ0v) is 8.78. The van der Waals surface area contributed by atoms with E-state index in [0.717, 1.165) is 18.9 Å². The SMILES string of the molecule is CCCCCCCC(O)C=CC(=O)O. The molecule has 0 radical (unpaired) electrons. The fraction of sp³-hybridized carbons (Fsp3) is 0.727. The van der Waals surface area contributed by atoms with Crippen molar-refractivity contribution in [1.82, 2.24) is 0 Å². The Labute approximate surface area is 85.4 Å². The monoisotopic (exact) mass is 200 g/mol. The molecule has 1 atom stereocenters. The van der Waals surface area contributed by atoms with Gasteiger partial charge < -0.3 is 10.2 Å². The first-order valence-electron chi connectivity index (χ1n) is 5.26. The van der Waals surface area contributed by atoms with Crippen LogP contribution in [0.2, 0.25) is 0 Å². The lowest BCUT2D eigenvalue weighted by Crippen LogP contribution is -2.03. The molecule has 82 valence electrons. The van der Waals surface area contributed by atoms with Crippen LogP contribution in [0.15, 0.2) is 12.2 Å². The topological polar surface area (TPSA) is 57.5 Å². The Bertz CT molecular complexity index is 175. The van der Waals surface area contributed by atoms with Crippen LogP contribution in [-0.2, 0) is 4.79 Å². The van der Waals surface area contributed by atoms with E-state index >= 15 is 0 Å². The number of carboxylic acids is 1. The lowest BCUT2D eigenvalue weighted by molar-refractivity contribution is -0.131. The van der Waals surface area contributed by atoms with Crippen LogP contribution in [0, 0.1) is 0 Å². The molecule has 0 aliphatic carbocycles. The number of unbranched alkanes of at least 4 members (excludes halogenated alkanes) is 4. The summed E-state index contributed by atoms with van der Waals surface area (Å²) in [6.45, 7) is 2.16. The number of hydrogen-bond acceptors (Lipinski definition) is 2.